The van der Waals surface area contributed by atoms with E-state index in [9.17, 15) is 4.79 Å². The number of aromatic nitrogens is 3. The summed E-state index contributed by atoms with van der Waals surface area (Å²) in [7, 11) is 1.60. The van der Waals surface area contributed by atoms with Crippen LogP contribution in [0.5, 0.6) is 11.5 Å². The predicted molar refractivity (Wildman–Crippen MR) is 97.0 cm³/mol. The molecule has 0 spiro atoms. The Kier molecular flexibility index (Phi) is 5.75. The van der Waals surface area contributed by atoms with E-state index in [0.717, 1.165) is 28.9 Å². The fraction of sp³-hybridized carbons (Fsp3) is 0.167. The van der Waals surface area contributed by atoms with Crippen LogP contribution in [0.25, 0.3) is 5.69 Å². The van der Waals surface area contributed by atoms with Crippen LogP contribution in [0.15, 0.2) is 59.8 Å². The molecule has 0 atom stereocenters. The van der Waals surface area contributed by atoms with Crippen molar-refractivity contribution in [2.75, 3.05) is 12.9 Å². The van der Waals surface area contributed by atoms with Crippen LogP contribution in [0.4, 0.5) is 0 Å². The molecule has 0 aliphatic rings. The van der Waals surface area contributed by atoms with E-state index in [4.69, 9.17) is 14.6 Å². The van der Waals surface area contributed by atoms with Gasteiger partial charge in [0.25, 0.3) is 0 Å². The van der Waals surface area contributed by atoms with Crippen LogP contribution in [0.3, 0.4) is 0 Å². The third-order valence-corrected chi connectivity index (χ3v) is 4.38. The van der Waals surface area contributed by atoms with Gasteiger partial charge in [0.05, 0.1) is 12.9 Å². The lowest BCUT2D eigenvalue weighted by Gasteiger charge is -2.11. The van der Waals surface area contributed by atoms with Gasteiger partial charge in [0.15, 0.2) is 11.0 Å². The number of thioether (sulfide) groups is 1. The van der Waals surface area contributed by atoms with Crippen LogP contribution in [-0.2, 0) is 11.4 Å². The molecule has 1 N–H and O–H groups in total. The van der Waals surface area contributed by atoms with Crippen LogP contribution < -0.4 is 9.47 Å². The zero-order chi connectivity index (χ0) is 18.4. The monoisotopic (exact) mass is 371 g/mol. The Morgan fingerprint density at radius 1 is 1.08 bits per heavy atom. The van der Waals surface area contributed by atoms with Gasteiger partial charge in [0.1, 0.15) is 18.1 Å². The number of carbonyl (C=O) groups is 1. The maximum atomic E-state index is 10.9. The lowest BCUT2D eigenvalue weighted by Crippen LogP contribution is -2.07. The molecule has 7 nitrogen and oxygen atoms in total. The molecule has 8 heteroatoms. The first-order chi connectivity index (χ1) is 12.7. The number of ether oxygens (including phenoxy) is 2. The lowest BCUT2D eigenvalue weighted by atomic mass is 10.3. The largest absolute Gasteiger partial charge is 0.497 e. The molecule has 1 aromatic heterocycles. The molecule has 0 fully saturated rings. The lowest BCUT2D eigenvalue weighted by molar-refractivity contribution is -0.133. The number of rotatable bonds is 8. The first-order valence-corrected chi connectivity index (χ1v) is 8.77. The van der Waals surface area contributed by atoms with E-state index in [-0.39, 0.29) is 12.4 Å². The van der Waals surface area contributed by atoms with Crippen molar-refractivity contribution < 1.29 is 19.4 Å². The first-order valence-electron chi connectivity index (χ1n) is 7.78. The zero-order valence-electron chi connectivity index (χ0n) is 14.0. The van der Waals surface area contributed by atoms with Crippen LogP contribution >= 0.6 is 11.8 Å². The van der Waals surface area contributed by atoms with Gasteiger partial charge in [-0.25, -0.2) is 0 Å². The Morgan fingerprint density at radius 3 is 2.46 bits per heavy atom. The average molecular weight is 371 g/mol. The molecule has 0 unspecified atom stereocenters. The highest BCUT2D eigenvalue weighted by Crippen LogP contribution is 2.24. The fourth-order valence-corrected chi connectivity index (χ4v) is 2.96. The van der Waals surface area contributed by atoms with Gasteiger partial charge in [-0.05, 0) is 36.4 Å². The van der Waals surface area contributed by atoms with Crippen molar-refractivity contribution in [1.29, 1.82) is 0 Å². The van der Waals surface area contributed by atoms with Crippen molar-refractivity contribution >= 4 is 17.7 Å². The van der Waals surface area contributed by atoms with E-state index in [0.29, 0.717) is 11.0 Å². The van der Waals surface area contributed by atoms with Gasteiger partial charge in [0, 0.05) is 5.69 Å². The smallest absolute Gasteiger partial charge is 0.313 e. The molecular formula is C18H17N3O4S. The highest BCUT2D eigenvalue weighted by atomic mass is 32.2. The summed E-state index contributed by atoms with van der Waals surface area (Å²) in [6, 6.07) is 16.8. The number of carboxylic acids is 1. The van der Waals surface area contributed by atoms with Crippen LogP contribution in [-0.4, -0.2) is 38.7 Å². The summed E-state index contributed by atoms with van der Waals surface area (Å²) in [5.74, 6) is 1.00. The SMILES string of the molecule is COc1ccc(-n2c(COc3ccccc3)nnc2SCC(=O)O)cc1. The Hall–Kier alpha value is -3.00. The van der Waals surface area contributed by atoms with E-state index in [2.05, 4.69) is 10.2 Å². The van der Waals surface area contributed by atoms with Crippen molar-refractivity contribution in [2.45, 2.75) is 11.8 Å². The van der Waals surface area contributed by atoms with Crippen LogP contribution in [0.2, 0.25) is 0 Å². The summed E-state index contributed by atoms with van der Waals surface area (Å²) in [6.07, 6.45) is 0. The molecule has 3 aromatic rings. The Balaban J connectivity index is 1.88. The maximum Gasteiger partial charge on any atom is 0.313 e. The summed E-state index contributed by atoms with van der Waals surface area (Å²) >= 11 is 1.11. The van der Waals surface area contributed by atoms with Crippen LogP contribution in [0.1, 0.15) is 5.82 Å². The van der Waals surface area contributed by atoms with E-state index in [1.54, 1.807) is 11.7 Å². The standard InChI is InChI=1S/C18H17N3O4S/c1-24-14-9-7-13(8-10-14)21-16(11-25-15-5-3-2-4-6-15)19-20-18(21)26-12-17(22)23/h2-10H,11-12H2,1H3,(H,22,23). The summed E-state index contributed by atoms with van der Waals surface area (Å²) in [6.45, 7) is 0.205. The topological polar surface area (TPSA) is 86.5 Å². The minimum atomic E-state index is -0.915. The quantitative estimate of drug-likeness (QED) is 0.609. The van der Waals surface area contributed by atoms with Crippen molar-refractivity contribution in [3.63, 3.8) is 0 Å². The molecule has 1 heterocycles. The van der Waals surface area contributed by atoms with Crippen molar-refractivity contribution in [3.8, 4) is 17.2 Å². The number of hydrogen-bond acceptors (Lipinski definition) is 6. The molecule has 26 heavy (non-hydrogen) atoms. The molecule has 0 saturated heterocycles. The summed E-state index contributed by atoms with van der Waals surface area (Å²) in [5, 5.41) is 17.7. The molecule has 0 amide bonds. The van der Waals surface area contributed by atoms with E-state index < -0.39 is 5.97 Å². The normalized spacial score (nSPS) is 10.5. The second-order valence-corrected chi connectivity index (χ2v) is 6.16. The highest BCUT2D eigenvalue weighted by Gasteiger charge is 2.16. The fourth-order valence-electron chi connectivity index (χ4n) is 2.27. The third-order valence-electron chi connectivity index (χ3n) is 3.47. The van der Waals surface area contributed by atoms with Gasteiger partial charge in [-0.2, -0.15) is 0 Å². The minimum Gasteiger partial charge on any atom is -0.497 e. The molecule has 2 aromatic carbocycles. The molecule has 0 aliphatic carbocycles. The zero-order valence-corrected chi connectivity index (χ0v) is 14.8. The molecule has 0 aliphatic heterocycles. The number of para-hydroxylation sites is 1. The number of benzene rings is 2. The second-order valence-electron chi connectivity index (χ2n) is 5.22. The maximum absolute atomic E-state index is 10.9. The average Bonchev–Trinajstić information content (AvgIpc) is 3.08. The first kappa shape index (κ1) is 17.8. The minimum absolute atomic E-state index is 0.103. The molecule has 134 valence electrons. The highest BCUT2D eigenvalue weighted by molar-refractivity contribution is 7.99. The molecule has 0 saturated carbocycles. The molecular weight excluding hydrogens is 354 g/mol. The Morgan fingerprint density at radius 2 is 1.81 bits per heavy atom. The van der Waals surface area contributed by atoms with Gasteiger partial charge in [-0.1, -0.05) is 30.0 Å². The Labute approximate surface area is 154 Å². The van der Waals surface area contributed by atoms with Gasteiger partial charge in [0.2, 0.25) is 0 Å². The number of aliphatic carboxylic acids is 1. The molecule has 0 radical (unpaired) electrons. The Bertz CT molecular complexity index is 866. The van der Waals surface area contributed by atoms with Gasteiger partial charge >= 0.3 is 5.97 Å². The van der Waals surface area contributed by atoms with Crippen molar-refractivity contribution in [3.05, 3.63) is 60.4 Å². The van der Waals surface area contributed by atoms with Crippen molar-refractivity contribution in [2.24, 2.45) is 0 Å². The summed E-state index contributed by atoms with van der Waals surface area (Å²) in [4.78, 5) is 10.9. The van der Waals surface area contributed by atoms with Gasteiger partial charge in [-0.3, -0.25) is 9.36 Å². The second kappa shape index (κ2) is 8.39. The molecule has 0 bridgehead atoms. The molecule has 3 rings (SSSR count). The summed E-state index contributed by atoms with van der Waals surface area (Å²) in [5.41, 5.74) is 0.801. The number of hydrogen-bond donors (Lipinski definition) is 1. The van der Waals surface area contributed by atoms with Gasteiger partial charge < -0.3 is 14.6 Å². The predicted octanol–water partition coefficient (Wildman–Crippen LogP) is 3.03. The van der Waals surface area contributed by atoms with Crippen LogP contribution in [0, 0.1) is 0 Å². The van der Waals surface area contributed by atoms with E-state index in [1.807, 2.05) is 54.6 Å². The van der Waals surface area contributed by atoms with E-state index in [1.165, 1.54) is 0 Å². The van der Waals surface area contributed by atoms with Gasteiger partial charge in [-0.15, -0.1) is 10.2 Å². The number of methoxy groups -OCH3 is 1. The summed E-state index contributed by atoms with van der Waals surface area (Å²) < 4.78 is 12.7. The number of nitrogens with zero attached hydrogens (tertiary/aromatic N) is 3. The van der Waals surface area contributed by atoms with E-state index >= 15 is 0 Å². The third kappa shape index (κ3) is 4.34. The van der Waals surface area contributed by atoms with Crippen molar-refractivity contribution in [1.82, 2.24) is 14.8 Å². The number of carboxylic acid groups (broad SMARTS) is 1.